The zero-order chi connectivity index (χ0) is 14.4. The van der Waals surface area contributed by atoms with E-state index >= 15 is 0 Å². The van der Waals surface area contributed by atoms with Gasteiger partial charge < -0.3 is 15.0 Å². The van der Waals surface area contributed by atoms with E-state index in [1.807, 2.05) is 31.2 Å². The quantitative estimate of drug-likeness (QED) is 0.802. The molecule has 2 N–H and O–H groups in total. The first-order valence-corrected chi connectivity index (χ1v) is 7.23. The smallest absolute Gasteiger partial charge is 0.230 e. The zero-order valence-corrected chi connectivity index (χ0v) is 12.2. The Balaban J connectivity index is 1.79. The highest BCUT2D eigenvalue weighted by Crippen LogP contribution is 2.21. The van der Waals surface area contributed by atoms with E-state index < -0.39 is 0 Å². The Kier molecular flexibility index (Phi) is 5.06. The first-order valence-electron chi connectivity index (χ1n) is 6.24. The molecule has 1 unspecified atom stereocenters. The van der Waals surface area contributed by atoms with Crippen LogP contribution in [0.15, 0.2) is 41.6 Å². The highest BCUT2D eigenvalue weighted by atomic mass is 32.2. The number of carbonyl (C=O) groups excluding carboxylic acids is 1. The molecule has 0 spiro atoms. The number of nitrogens with zero attached hydrogens (tertiary/aromatic N) is 1. The molecule has 0 fully saturated rings. The van der Waals surface area contributed by atoms with Crippen molar-refractivity contribution in [1.82, 2.24) is 15.3 Å². The van der Waals surface area contributed by atoms with Crippen molar-refractivity contribution in [1.29, 1.82) is 0 Å². The van der Waals surface area contributed by atoms with Crippen LogP contribution in [0.5, 0.6) is 5.75 Å². The summed E-state index contributed by atoms with van der Waals surface area (Å²) in [4.78, 5) is 20.0. The molecule has 1 heterocycles. The normalized spacial score (nSPS) is 11.9. The predicted molar refractivity (Wildman–Crippen MR) is 78.9 cm³/mol. The van der Waals surface area contributed by atoms with Crippen LogP contribution in [0.3, 0.4) is 0 Å². The second kappa shape index (κ2) is 7.00. The minimum atomic E-state index is -0.117. The van der Waals surface area contributed by atoms with E-state index in [-0.39, 0.29) is 11.9 Å². The average Bonchev–Trinajstić information content (AvgIpc) is 3.00. The monoisotopic (exact) mass is 291 g/mol. The number of hydrogen-bond acceptors (Lipinski definition) is 4. The lowest BCUT2D eigenvalue weighted by molar-refractivity contribution is -0.119. The number of aromatic amines is 1. The van der Waals surface area contributed by atoms with Crippen molar-refractivity contribution in [2.24, 2.45) is 0 Å². The second-order valence-corrected chi connectivity index (χ2v) is 5.28. The van der Waals surface area contributed by atoms with Gasteiger partial charge in [0.2, 0.25) is 5.91 Å². The average molecular weight is 291 g/mol. The molecule has 0 saturated carbocycles. The lowest BCUT2D eigenvalue weighted by Gasteiger charge is -2.11. The number of ether oxygens (including phenoxy) is 1. The van der Waals surface area contributed by atoms with E-state index in [0.717, 1.165) is 16.5 Å². The van der Waals surface area contributed by atoms with Crippen LogP contribution in [0.4, 0.5) is 0 Å². The number of amides is 1. The molecule has 1 amide bonds. The molecule has 0 saturated heterocycles. The molecule has 0 aliphatic heterocycles. The molecule has 2 aromatic rings. The van der Waals surface area contributed by atoms with Crippen molar-refractivity contribution >= 4 is 17.7 Å². The number of aromatic nitrogens is 2. The van der Waals surface area contributed by atoms with Crippen molar-refractivity contribution in [2.75, 3.05) is 12.9 Å². The largest absolute Gasteiger partial charge is 0.497 e. The number of imidazole rings is 1. The van der Waals surface area contributed by atoms with E-state index in [4.69, 9.17) is 4.74 Å². The van der Waals surface area contributed by atoms with Crippen LogP contribution in [-0.2, 0) is 4.79 Å². The molecule has 0 bridgehead atoms. The van der Waals surface area contributed by atoms with Crippen LogP contribution in [-0.4, -0.2) is 28.7 Å². The molecule has 106 valence electrons. The van der Waals surface area contributed by atoms with Gasteiger partial charge in [-0.2, -0.15) is 0 Å². The lowest BCUT2D eigenvalue weighted by Crippen LogP contribution is -2.28. The van der Waals surface area contributed by atoms with Gasteiger partial charge in [0.15, 0.2) is 0 Å². The predicted octanol–water partition coefficient (Wildman–Crippen LogP) is 2.39. The fraction of sp³-hybridized carbons (Fsp3) is 0.286. The summed E-state index contributed by atoms with van der Waals surface area (Å²) in [7, 11) is 1.63. The summed E-state index contributed by atoms with van der Waals surface area (Å²) in [6, 6.07) is 7.52. The summed E-state index contributed by atoms with van der Waals surface area (Å²) in [6.07, 6.45) is 3.41. The Morgan fingerprint density at radius 3 is 2.80 bits per heavy atom. The maximum Gasteiger partial charge on any atom is 0.230 e. The molecule has 0 radical (unpaired) electrons. The summed E-state index contributed by atoms with van der Waals surface area (Å²) in [5.41, 5.74) is 0. The van der Waals surface area contributed by atoms with Crippen LogP contribution in [0, 0.1) is 0 Å². The summed E-state index contributed by atoms with van der Waals surface area (Å²) in [5, 5.41) is 2.90. The van der Waals surface area contributed by atoms with Gasteiger partial charge >= 0.3 is 0 Å². The minimum Gasteiger partial charge on any atom is -0.497 e. The van der Waals surface area contributed by atoms with Crippen molar-refractivity contribution in [3.63, 3.8) is 0 Å². The SMILES string of the molecule is COc1ccc(SCC(=O)NC(C)c2ncc[nH]2)cc1. The van der Waals surface area contributed by atoms with Gasteiger partial charge in [-0.25, -0.2) is 4.98 Å². The standard InChI is InChI=1S/C14H17N3O2S/c1-10(14-15-7-8-16-14)17-13(18)9-20-12-5-3-11(19-2)4-6-12/h3-8,10H,9H2,1-2H3,(H,15,16)(H,17,18). The van der Waals surface area contributed by atoms with Gasteiger partial charge in [-0.15, -0.1) is 11.8 Å². The topological polar surface area (TPSA) is 67.0 Å². The number of nitrogens with one attached hydrogen (secondary N) is 2. The van der Waals surface area contributed by atoms with Gasteiger partial charge in [0.1, 0.15) is 11.6 Å². The van der Waals surface area contributed by atoms with Gasteiger partial charge in [0, 0.05) is 17.3 Å². The Morgan fingerprint density at radius 2 is 2.20 bits per heavy atom. The van der Waals surface area contributed by atoms with Crippen LogP contribution in [0.1, 0.15) is 18.8 Å². The molecular formula is C14H17N3O2S. The number of thioether (sulfide) groups is 1. The van der Waals surface area contributed by atoms with Crippen molar-refractivity contribution in [2.45, 2.75) is 17.9 Å². The Bertz CT molecular complexity index is 540. The van der Waals surface area contributed by atoms with Crippen LogP contribution >= 0.6 is 11.8 Å². The Hall–Kier alpha value is -1.95. The maximum atomic E-state index is 11.8. The van der Waals surface area contributed by atoms with Gasteiger partial charge in [-0.3, -0.25) is 4.79 Å². The Morgan fingerprint density at radius 1 is 1.45 bits per heavy atom. The fourth-order valence-electron chi connectivity index (χ4n) is 1.69. The summed E-state index contributed by atoms with van der Waals surface area (Å²) in [6.45, 7) is 1.90. The first kappa shape index (κ1) is 14.5. The van der Waals surface area contributed by atoms with E-state index in [1.165, 1.54) is 11.8 Å². The molecule has 2 rings (SSSR count). The van der Waals surface area contributed by atoms with E-state index in [2.05, 4.69) is 15.3 Å². The third kappa shape index (κ3) is 4.03. The summed E-state index contributed by atoms with van der Waals surface area (Å²) < 4.78 is 5.09. The zero-order valence-electron chi connectivity index (χ0n) is 11.4. The molecule has 0 aliphatic rings. The minimum absolute atomic E-state index is 0.0188. The number of methoxy groups -OCH3 is 1. The molecule has 1 atom stereocenters. The van der Waals surface area contributed by atoms with Crippen molar-refractivity contribution < 1.29 is 9.53 Å². The summed E-state index contributed by atoms with van der Waals surface area (Å²) in [5.74, 6) is 1.92. The number of benzene rings is 1. The number of hydrogen-bond donors (Lipinski definition) is 2. The molecule has 1 aromatic heterocycles. The summed E-state index contributed by atoms with van der Waals surface area (Å²) >= 11 is 1.49. The molecule has 0 aliphatic carbocycles. The molecule has 20 heavy (non-hydrogen) atoms. The van der Waals surface area contributed by atoms with E-state index in [1.54, 1.807) is 19.5 Å². The van der Waals surface area contributed by atoms with Gasteiger partial charge in [0.25, 0.3) is 0 Å². The molecule has 1 aromatic carbocycles. The van der Waals surface area contributed by atoms with Crippen molar-refractivity contribution in [3.05, 3.63) is 42.5 Å². The number of rotatable bonds is 6. The molecular weight excluding hydrogens is 274 g/mol. The molecule has 6 heteroatoms. The number of H-pyrrole nitrogens is 1. The highest BCUT2D eigenvalue weighted by molar-refractivity contribution is 8.00. The third-order valence-corrected chi connectivity index (χ3v) is 3.75. The third-order valence-electron chi connectivity index (χ3n) is 2.74. The second-order valence-electron chi connectivity index (χ2n) is 4.23. The van der Waals surface area contributed by atoms with E-state index in [0.29, 0.717) is 5.75 Å². The van der Waals surface area contributed by atoms with E-state index in [9.17, 15) is 4.79 Å². The fourth-order valence-corrected chi connectivity index (χ4v) is 2.40. The van der Waals surface area contributed by atoms with Crippen molar-refractivity contribution in [3.8, 4) is 5.75 Å². The highest BCUT2D eigenvalue weighted by Gasteiger charge is 2.11. The van der Waals surface area contributed by atoms with Gasteiger partial charge in [-0.1, -0.05) is 0 Å². The van der Waals surface area contributed by atoms with Gasteiger partial charge in [0.05, 0.1) is 18.9 Å². The first-order chi connectivity index (χ1) is 9.69. The van der Waals surface area contributed by atoms with Crippen LogP contribution < -0.4 is 10.1 Å². The maximum absolute atomic E-state index is 11.8. The number of carbonyl (C=O) groups is 1. The van der Waals surface area contributed by atoms with Gasteiger partial charge in [-0.05, 0) is 31.2 Å². The van der Waals surface area contributed by atoms with Crippen LogP contribution in [0.2, 0.25) is 0 Å². The Labute approximate surface area is 122 Å². The van der Waals surface area contributed by atoms with Crippen LogP contribution in [0.25, 0.3) is 0 Å². The lowest BCUT2D eigenvalue weighted by atomic mass is 10.3. The molecule has 5 nitrogen and oxygen atoms in total.